The van der Waals surface area contributed by atoms with Crippen molar-refractivity contribution in [2.45, 2.75) is 4.90 Å². The fourth-order valence-electron chi connectivity index (χ4n) is 2.45. The zero-order valence-corrected chi connectivity index (χ0v) is 16.6. The fourth-order valence-corrected chi connectivity index (χ4v) is 3.50. The molecule has 2 N–H and O–H groups in total. The van der Waals surface area contributed by atoms with E-state index in [9.17, 15) is 17.6 Å². The van der Waals surface area contributed by atoms with Gasteiger partial charge in [0, 0.05) is 25.3 Å². The highest BCUT2D eigenvalue weighted by Gasteiger charge is 2.14. The predicted octanol–water partition coefficient (Wildman–Crippen LogP) is 3.34. The molecule has 0 bridgehead atoms. The number of nitrogens with one attached hydrogen (secondary N) is 2. The lowest BCUT2D eigenvalue weighted by Gasteiger charge is -2.12. The van der Waals surface area contributed by atoms with Crippen LogP contribution >= 0.6 is 0 Å². The molecule has 0 fully saturated rings. The summed E-state index contributed by atoms with van der Waals surface area (Å²) < 4.78 is 40.0. The van der Waals surface area contributed by atoms with Gasteiger partial charge in [-0.15, -0.1) is 0 Å². The first-order valence-corrected chi connectivity index (χ1v) is 10.1. The van der Waals surface area contributed by atoms with Gasteiger partial charge in [-0.2, -0.15) is 0 Å². The number of anilines is 3. The highest BCUT2D eigenvalue weighted by Crippen LogP contribution is 2.18. The Morgan fingerprint density at radius 1 is 0.931 bits per heavy atom. The Hall–Kier alpha value is -3.46. The molecule has 0 aliphatic rings. The molecule has 150 valence electrons. The van der Waals surface area contributed by atoms with E-state index in [1.54, 1.807) is 18.3 Å². The number of benzene rings is 2. The first-order chi connectivity index (χ1) is 13.7. The molecule has 7 nitrogen and oxygen atoms in total. The first kappa shape index (κ1) is 20.3. The summed E-state index contributed by atoms with van der Waals surface area (Å²) in [5.41, 5.74) is 1.18. The standard InChI is InChI=1S/C20H19FN4O3S/c1-25(2)19-12-9-17(13-22-19)23-20(26)14-3-7-16(8-4-14)24-29(27,28)18-10-5-15(21)6-11-18/h3-13,24H,1-2H3,(H,23,26). The molecule has 0 radical (unpaired) electrons. The molecule has 29 heavy (non-hydrogen) atoms. The van der Waals surface area contributed by atoms with Crippen molar-refractivity contribution in [3.8, 4) is 0 Å². The van der Waals surface area contributed by atoms with Gasteiger partial charge < -0.3 is 10.2 Å². The van der Waals surface area contributed by atoms with Crippen LogP contribution in [0.4, 0.5) is 21.6 Å². The minimum atomic E-state index is -3.85. The number of hydrogen-bond acceptors (Lipinski definition) is 5. The normalized spacial score (nSPS) is 11.0. The van der Waals surface area contributed by atoms with Crippen LogP contribution in [0.3, 0.4) is 0 Å². The van der Waals surface area contributed by atoms with Crippen molar-refractivity contribution in [2.24, 2.45) is 0 Å². The maximum atomic E-state index is 13.0. The SMILES string of the molecule is CN(C)c1ccc(NC(=O)c2ccc(NS(=O)(=O)c3ccc(F)cc3)cc2)cn1. The number of nitrogens with zero attached hydrogens (tertiary/aromatic N) is 2. The number of rotatable bonds is 6. The lowest BCUT2D eigenvalue weighted by atomic mass is 10.2. The Morgan fingerprint density at radius 3 is 2.10 bits per heavy atom. The Morgan fingerprint density at radius 2 is 1.55 bits per heavy atom. The van der Waals surface area contributed by atoms with Crippen molar-refractivity contribution in [3.63, 3.8) is 0 Å². The van der Waals surface area contributed by atoms with Crippen LogP contribution in [-0.2, 0) is 10.0 Å². The molecule has 3 aromatic rings. The molecular weight excluding hydrogens is 395 g/mol. The number of carbonyl (C=O) groups excluding carboxylic acids is 1. The number of pyridine rings is 1. The van der Waals surface area contributed by atoms with Gasteiger partial charge >= 0.3 is 0 Å². The van der Waals surface area contributed by atoms with E-state index in [4.69, 9.17) is 0 Å². The van der Waals surface area contributed by atoms with Crippen LogP contribution < -0.4 is 14.9 Å². The summed E-state index contributed by atoms with van der Waals surface area (Å²) in [6.45, 7) is 0. The topological polar surface area (TPSA) is 91.4 Å². The van der Waals surface area contributed by atoms with Gasteiger partial charge in [0.25, 0.3) is 15.9 Å². The highest BCUT2D eigenvalue weighted by atomic mass is 32.2. The molecule has 0 saturated heterocycles. The zero-order valence-electron chi connectivity index (χ0n) is 15.8. The third-order valence-electron chi connectivity index (χ3n) is 3.99. The lowest BCUT2D eigenvalue weighted by molar-refractivity contribution is 0.102. The zero-order chi connectivity index (χ0) is 21.0. The maximum Gasteiger partial charge on any atom is 0.261 e. The molecule has 9 heteroatoms. The molecule has 0 spiro atoms. The van der Waals surface area contributed by atoms with E-state index in [1.807, 2.05) is 19.0 Å². The summed E-state index contributed by atoms with van der Waals surface area (Å²) >= 11 is 0. The average molecular weight is 414 g/mol. The number of aromatic nitrogens is 1. The van der Waals surface area contributed by atoms with Crippen molar-refractivity contribution >= 4 is 33.1 Å². The van der Waals surface area contributed by atoms with Crippen LogP contribution in [0.5, 0.6) is 0 Å². The van der Waals surface area contributed by atoms with E-state index in [-0.39, 0.29) is 16.5 Å². The van der Waals surface area contributed by atoms with Gasteiger partial charge in [0.15, 0.2) is 0 Å². The number of amides is 1. The predicted molar refractivity (Wildman–Crippen MR) is 110 cm³/mol. The summed E-state index contributed by atoms with van der Waals surface area (Å²) in [6, 6.07) is 14.0. The minimum absolute atomic E-state index is 0.0607. The van der Waals surface area contributed by atoms with Crippen molar-refractivity contribution in [2.75, 3.05) is 29.0 Å². The lowest BCUT2D eigenvalue weighted by Crippen LogP contribution is -2.15. The Balaban J connectivity index is 1.67. The molecule has 1 heterocycles. The van der Waals surface area contributed by atoms with Gasteiger partial charge in [-0.1, -0.05) is 0 Å². The average Bonchev–Trinajstić information content (AvgIpc) is 2.69. The van der Waals surface area contributed by atoms with E-state index < -0.39 is 15.8 Å². The molecular formula is C20H19FN4O3S. The molecule has 1 amide bonds. The quantitative estimate of drug-likeness (QED) is 0.646. The van der Waals surface area contributed by atoms with E-state index >= 15 is 0 Å². The molecule has 1 aromatic heterocycles. The fraction of sp³-hybridized carbons (Fsp3) is 0.100. The first-order valence-electron chi connectivity index (χ1n) is 8.58. The van der Waals surface area contributed by atoms with Crippen LogP contribution in [-0.4, -0.2) is 33.4 Å². The second-order valence-electron chi connectivity index (χ2n) is 6.39. The monoisotopic (exact) mass is 414 g/mol. The second-order valence-corrected chi connectivity index (χ2v) is 8.07. The van der Waals surface area contributed by atoms with Gasteiger partial charge in [0.05, 0.1) is 16.8 Å². The van der Waals surface area contributed by atoms with Gasteiger partial charge in [-0.3, -0.25) is 9.52 Å². The summed E-state index contributed by atoms with van der Waals surface area (Å²) in [6.07, 6.45) is 1.55. The van der Waals surface area contributed by atoms with Crippen LogP contribution in [0, 0.1) is 5.82 Å². The van der Waals surface area contributed by atoms with Crippen molar-refractivity contribution < 1.29 is 17.6 Å². The van der Waals surface area contributed by atoms with Crippen molar-refractivity contribution in [3.05, 3.63) is 78.2 Å². The van der Waals surface area contributed by atoms with Gasteiger partial charge in [0.1, 0.15) is 11.6 Å². The summed E-state index contributed by atoms with van der Waals surface area (Å²) in [4.78, 5) is 18.4. The van der Waals surface area contributed by atoms with Crippen LogP contribution in [0.15, 0.2) is 71.8 Å². The van der Waals surface area contributed by atoms with Crippen LogP contribution in [0.25, 0.3) is 0 Å². The Bertz CT molecular complexity index is 1100. The molecule has 0 saturated carbocycles. The third kappa shape index (κ3) is 5.08. The van der Waals surface area contributed by atoms with Crippen molar-refractivity contribution in [1.29, 1.82) is 0 Å². The molecule has 0 aliphatic carbocycles. The van der Waals surface area contributed by atoms with E-state index in [2.05, 4.69) is 15.0 Å². The third-order valence-corrected chi connectivity index (χ3v) is 5.38. The smallest absolute Gasteiger partial charge is 0.261 e. The van der Waals surface area contributed by atoms with Gasteiger partial charge in [0.2, 0.25) is 0 Å². The molecule has 0 aliphatic heterocycles. The van der Waals surface area contributed by atoms with Crippen LogP contribution in [0.1, 0.15) is 10.4 Å². The highest BCUT2D eigenvalue weighted by molar-refractivity contribution is 7.92. The minimum Gasteiger partial charge on any atom is -0.363 e. The summed E-state index contributed by atoms with van der Waals surface area (Å²) in [5.74, 6) is -0.107. The van der Waals surface area contributed by atoms with E-state index in [0.29, 0.717) is 11.3 Å². The van der Waals surface area contributed by atoms with Gasteiger partial charge in [-0.25, -0.2) is 17.8 Å². The van der Waals surface area contributed by atoms with E-state index in [0.717, 1.165) is 18.0 Å². The maximum absolute atomic E-state index is 13.0. The Kier molecular flexibility index (Phi) is 5.79. The van der Waals surface area contributed by atoms with Gasteiger partial charge in [-0.05, 0) is 60.7 Å². The largest absolute Gasteiger partial charge is 0.363 e. The number of halogens is 1. The molecule has 2 aromatic carbocycles. The molecule has 3 rings (SSSR count). The van der Waals surface area contributed by atoms with Crippen molar-refractivity contribution in [1.82, 2.24) is 4.98 Å². The molecule has 0 unspecified atom stereocenters. The second kappa shape index (κ2) is 8.27. The summed E-state index contributed by atoms with van der Waals surface area (Å²) in [5, 5.41) is 2.73. The molecule has 0 atom stereocenters. The summed E-state index contributed by atoms with van der Waals surface area (Å²) in [7, 11) is -0.117. The van der Waals surface area contributed by atoms with Crippen LogP contribution in [0.2, 0.25) is 0 Å². The van der Waals surface area contributed by atoms with E-state index in [1.165, 1.54) is 36.4 Å². The number of carbonyl (C=O) groups is 1. The Labute approximate surface area is 168 Å². The number of hydrogen-bond donors (Lipinski definition) is 2. The number of sulfonamides is 1.